The van der Waals surface area contributed by atoms with Crippen molar-refractivity contribution in [1.29, 1.82) is 0 Å². The summed E-state index contributed by atoms with van der Waals surface area (Å²) in [6.45, 7) is 10.3. The van der Waals surface area contributed by atoms with E-state index in [4.69, 9.17) is 4.74 Å². The van der Waals surface area contributed by atoms with Gasteiger partial charge < -0.3 is 4.74 Å². The minimum Gasteiger partial charge on any atom is -0.380 e. The monoisotopic (exact) mass is 211 g/mol. The van der Waals surface area contributed by atoms with Crippen molar-refractivity contribution >= 4 is 0 Å². The fraction of sp³-hybridized carbons (Fsp3) is 1.00. The topological polar surface area (TPSA) is 12.5 Å². The van der Waals surface area contributed by atoms with Gasteiger partial charge in [0.05, 0.1) is 6.61 Å². The van der Waals surface area contributed by atoms with Gasteiger partial charge in [0.1, 0.15) is 0 Å². The van der Waals surface area contributed by atoms with Crippen molar-refractivity contribution in [2.45, 2.75) is 58.0 Å². The Morgan fingerprint density at radius 2 is 2.13 bits per heavy atom. The fourth-order valence-corrected chi connectivity index (χ4v) is 3.46. The zero-order valence-electron chi connectivity index (χ0n) is 10.5. The van der Waals surface area contributed by atoms with Gasteiger partial charge in [-0.25, -0.2) is 0 Å². The molecule has 0 aromatic rings. The Morgan fingerprint density at radius 1 is 1.33 bits per heavy atom. The highest BCUT2D eigenvalue weighted by Gasteiger charge is 2.45. The summed E-state index contributed by atoms with van der Waals surface area (Å²) in [7, 11) is 0. The molecule has 2 nitrogen and oxygen atoms in total. The lowest BCUT2D eigenvalue weighted by atomic mass is 9.74. The first-order valence-electron chi connectivity index (χ1n) is 6.51. The van der Waals surface area contributed by atoms with Gasteiger partial charge in [-0.05, 0) is 45.6 Å². The molecule has 2 rings (SSSR count). The number of rotatable bonds is 1. The van der Waals surface area contributed by atoms with Crippen molar-refractivity contribution in [3.05, 3.63) is 0 Å². The zero-order chi connectivity index (χ0) is 10.9. The standard InChI is InChI=1S/C13H25NO/c1-11(2)14-8-5-4-7-13(14)10-15-9-6-12(13)3/h11-12H,4-10H2,1-3H3. The Kier molecular flexibility index (Phi) is 3.36. The van der Waals surface area contributed by atoms with Crippen LogP contribution in [0, 0.1) is 5.92 Å². The van der Waals surface area contributed by atoms with Gasteiger partial charge in [0.25, 0.3) is 0 Å². The van der Waals surface area contributed by atoms with Gasteiger partial charge in [-0.1, -0.05) is 13.3 Å². The number of hydrogen-bond donors (Lipinski definition) is 0. The van der Waals surface area contributed by atoms with E-state index >= 15 is 0 Å². The van der Waals surface area contributed by atoms with Crippen LogP contribution in [0.3, 0.4) is 0 Å². The van der Waals surface area contributed by atoms with Crippen molar-refractivity contribution < 1.29 is 4.74 Å². The Morgan fingerprint density at radius 3 is 2.80 bits per heavy atom. The van der Waals surface area contributed by atoms with Crippen molar-refractivity contribution in [1.82, 2.24) is 4.90 Å². The molecule has 0 aromatic heterocycles. The highest BCUT2D eigenvalue weighted by Crippen LogP contribution is 2.40. The number of hydrogen-bond acceptors (Lipinski definition) is 2. The van der Waals surface area contributed by atoms with E-state index in [1.807, 2.05) is 0 Å². The maximum Gasteiger partial charge on any atom is 0.0653 e. The molecule has 2 atom stereocenters. The second-order valence-electron chi connectivity index (χ2n) is 5.59. The summed E-state index contributed by atoms with van der Waals surface area (Å²) in [5.74, 6) is 0.800. The van der Waals surface area contributed by atoms with Crippen molar-refractivity contribution in [3.63, 3.8) is 0 Å². The third-order valence-electron chi connectivity index (χ3n) is 4.42. The molecule has 0 bridgehead atoms. The van der Waals surface area contributed by atoms with Gasteiger partial charge >= 0.3 is 0 Å². The molecule has 0 aliphatic carbocycles. The lowest BCUT2D eigenvalue weighted by Crippen LogP contribution is -2.62. The molecule has 2 unspecified atom stereocenters. The second kappa shape index (κ2) is 4.42. The van der Waals surface area contributed by atoms with E-state index in [1.54, 1.807) is 0 Å². The van der Waals surface area contributed by atoms with Crippen LogP contribution in [0.2, 0.25) is 0 Å². The first-order valence-corrected chi connectivity index (χ1v) is 6.51. The summed E-state index contributed by atoms with van der Waals surface area (Å²) < 4.78 is 5.77. The average molecular weight is 211 g/mol. The molecule has 88 valence electrons. The number of piperidine rings is 1. The van der Waals surface area contributed by atoms with Gasteiger partial charge in [0.15, 0.2) is 0 Å². The van der Waals surface area contributed by atoms with Crippen LogP contribution >= 0.6 is 0 Å². The van der Waals surface area contributed by atoms with Crippen molar-refractivity contribution in [2.75, 3.05) is 19.8 Å². The van der Waals surface area contributed by atoms with Crippen LogP contribution in [0.15, 0.2) is 0 Å². The molecule has 0 radical (unpaired) electrons. The molecule has 1 spiro atoms. The van der Waals surface area contributed by atoms with Crippen LogP contribution in [0.25, 0.3) is 0 Å². The van der Waals surface area contributed by atoms with Gasteiger partial charge in [-0.15, -0.1) is 0 Å². The highest BCUT2D eigenvalue weighted by molar-refractivity contribution is 5.00. The highest BCUT2D eigenvalue weighted by atomic mass is 16.5. The van der Waals surface area contributed by atoms with E-state index in [0.717, 1.165) is 19.1 Å². The number of likely N-dealkylation sites (tertiary alicyclic amines) is 1. The van der Waals surface area contributed by atoms with E-state index < -0.39 is 0 Å². The first kappa shape index (κ1) is 11.4. The van der Waals surface area contributed by atoms with E-state index in [0.29, 0.717) is 11.6 Å². The predicted molar refractivity (Wildman–Crippen MR) is 63.0 cm³/mol. The summed E-state index contributed by atoms with van der Waals surface area (Å²) in [6, 6.07) is 0.662. The molecule has 0 amide bonds. The summed E-state index contributed by atoms with van der Waals surface area (Å²) in [5.41, 5.74) is 0.366. The average Bonchev–Trinajstić information content (AvgIpc) is 2.23. The SMILES string of the molecule is CC(C)N1CCCCC12COCCC2C. The molecule has 2 saturated heterocycles. The quantitative estimate of drug-likeness (QED) is 0.661. The van der Waals surface area contributed by atoms with Gasteiger partial charge in [0, 0.05) is 18.2 Å². The molecule has 15 heavy (non-hydrogen) atoms. The largest absolute Gasteiger partial charge is 0.380 e. The van der Waals surface area contributed by atoms with Gasteiger partial charge in [0.2, 0.25) is 0 Å². The summed E-state index contributed by atoms with van der Waals surface area (Å²) >= 11 is 0. The maximum absolute atomic E-state index is 5.77. The third kappa shape index (κ3) is 1.94. The fourth-order valence-electron chi connectivity index (χ4n) is 3.46. The molecular formula is C13H25NO. The third-order valence-corrected chi connectivity index (χ3v) is 4.42. The lowest BCUT2D eigenvalue weighted by molar-refractivity contribution is -0.112. The van der Waals surface area contributed by atoms with Gasteiger partial charge in [-0.3, -0.25) is 4.90 Å². The van der Waals surface area contributed by atoms with Gasteiger partial charge in [-0.2, -0.15) is 0 Å². The molecule has 0 N–H and O–H groups in total. The Labute approximate surface area is 94.0 Å². The molecule has 2 heterocycles. The minimum absolute atomic E-state index is 0.366. The maximum atomic E-state index is 5.77. The predicted octanol–water partition coefficient (Wildman–Crippen LogP) is 2.68. The number of nitrogens with zero attached hydrogens (tertiary/aromatic N) is 1. The van der Waals surface area contributed by atoms with Crippen LogP contribution in [0.1, 0.15) is 46.5 Å². The Balaban J connectivity index is 2.19. The molecule has 2 aliphatic heterocycles. The normalized spacial score (nSPS) is 38.8. The van der Waals surface area contributed by atoms with Crippen LogP contribution < -0.4 is 0 Å². The Hall–Kier alpha value is -0.0800. The minimum atomic E-state index is 0.366. The van der Waals surface area contributed by atoms with E-state index in [-0.39, 0.29) is 0 Å². The lowest BCUT2D eigenvalue weighted by Gasteiger charge is -2.54. The first-order chi connectivity index (χ1) is 7.17. The van der Waals surface area contributed by atoms with Crippen LogP contribution in [0.4, 0.5) is 0 Å². The molecule has 2 heteroatoms. The Bertz CT molecular complexity index is 211. The van der Waals surface area contributed by atoms with E-state index in [2.05, 4.69) is 25.7 Å². The molecule has 2 fully saturated rings. The number of ether oxygens (including phenoxy) is 1. The van der Waals surface area contributed by atoms with Crippen molar-refractivity contribution in [2.24, 2.45) is 5.92 Å². The zero-order valence-corrected chi connectivity index (χ0v) is 10.5. The van der Waals surface area contributed by atoms with Crippen LogP contribution in [-0.4, -0.2) is 36.2 Å². The summed E-state index contributed by atoms with van der Waals surface area (Å²) in [4.78, 5) is 2.71. The summed E-state index contributed by atoms with van der Waals surface area (Å²) in [5, 5.41) is 0. The molecule has 2 aliphatic rings. The molecule has 0 aromatic carbocycles. The van der Waals surface area contributed by atoms with Crippen LogP contribution in [-0.2, 0) is 4.74 Å². The molecule has 0 saturated carbocycles. The smallest absolute Gasteiger partial charge is 0.0653 e. The van der Waals surface area contributed by atoms with E-state index in [9.17, 15) is 0 Å². The van der Waals surface area contributed by atoms with Crippen molar-refractivity contribution in [3.8, 4) is 0 Å². The van der Waals surface area contributed by atoms with Crippen LogP contribution in [0.5, 0.6) is 0 Å². The second-order valence-corrected chi connectivity index (χ2v) is 5.59. The van der Waals surface area contributed by atoms with E-state index in [1.165, 1.54) is 32.2 Å². The summed E-state index contributed by atoms with van der Waals surface area (Å²) in [6.07, 6.45) is 5.33. The molecular weight excluding hydrogens is 186 g/mol.